The molecule has 1 aromatic heterocycles. The number of hydrogen-bond acceptors (Lipinski definition) is 2. The summed E-state index contributed by atoms with van der Waals surface area (Å²) in [5, 5.41) is 8.93. The predicted molar refractivity (Wildman–Crippen MR) is 66.9 cm³/mol. The minimum absolute atomic E-state index is 0.0298. The Hall–Kier alpha value is -2.43. The molecule has 5 heteroatoms. The van der Waals surface area contributed by atoms with Crippen molar-refractivity contribution in [3.63, 3.8) is 0 Å². The van der Waals surface area contributed by atoms with Crippen LogP contribution in [0.5, 0.6) is 0 Å². The highest BCUT2D eigenvalue weighted by molar-refractivity contribution is 6.10. The molecule has 4 nitrogen and oxygen atoms in total. The Bertz CT molecular complexity index is 673. The number of carboxylic acids is 1. The molecule has 0 spiro atoms. The van der Waals surface area contributed by atoms with Gasteiger partial charge in [-0.05, 0) is 36.8 Å². The predicted octanol–water partition coefficient (Wildman–Crippen LogP) is 2.40. The van der Waals surface area contributed by atoms with Crippen LogP contribution in [0.1, 0.15) is 32.0 Å². The summed E-state index contributed by atoms with van der Waals surface area (Å²) in [6, 6.07) is 5.37. The van der Waals surface area contributed by atoms with Gasteiger partial charge in [0.2, 0.25) is 0 Å². The van der Waals surface area contributed by atoms with Crippen molar-refractivity contribution in [1.82, 2.24) is 4.57 Å². The lowest BCUT2D eigenvalue weighted by atomic mass is 10.0. The van der Waals surface area contributed by atoms with Gasteiger partial charge in [0.25, 0.3) is 0 Å². The van der Waals surface area contributed by atoms with Crippen LogP contribution in [-0.2, 0) is 7.05 Å². The first-order valence-electron chi connectivity index (χ1n) is 5.60. The number of halogens is 1. The van der Waals surface area contributed by atoms with Crippen LogP contribution >= 0.6 is 0 Å². The van der Waals surface area contributed by atoms with Crippen molar-refractivity contribution in [2.75, 3.05) is 0 Å². The zero-order valence-electron chi connectivity index (χ0n) is 10.5. The minimum atomic E-state index is -1.10. The number of aromatic nitrogens is 1. The van der Waals surface area contributed by atoms with Gasteiger partial charge in [0.15, 0.2) is 5.78 Å². The second-order valence-corrected chi connectivity index (χ2v) is 4.32. The number of aryl methyl sites for hydroxylation is 2. The van der Waals surface area contributed by atoms with Gasteiger partial charge in [-0.15, -0.1) is 0 Å². The third-order valence-corrected chi connectivity index (χ3v) is 2.91. The monoisotopic (exact) mass is 261 g/mol. The Morgan fingerprint density at radius 2 is 1.89 bits per heavy atom. The van der Waals surface area contributed by atoms with E-state index in [1.54, 1.807) is 14.0 Å². The lowest BCUT2D eigenvalue weighted by molar-refractivity contribution is 0.0686. The van der Waals surface area contributed by atoms with E-state index in [0.717, 1.165) is 0 Å². The van der Waals surface area contributed by atoms with Crippen molar-refractivity contribution < 1.29 is 19.1 Å². The van der Waals surface area contributed by atoms with Crippen LogP contribution in [0.3, 0.4) is 0 Å². The van der Waals surface area contributed by atoms with Gasteiger partial charge in [0.05, 0.1) is 0 Å². The maximum Gasteiger partial charge on any atom is 0.352 e. The fourth-order valence-electron chi connectivity index (χ4n) is 1.85. The number of ketones is 1. The molecule has 0 aliphatic heterocycles. The highest BCUT2D eigenvalue weighted by Crippen LogP contribution is 2.16. The lowest BCUT2D eigenvalue weighted by Gasteiger charge is -2.01. The molecule has 2 rings (SSSR count). The van der Waals surface area contributed by atoms with Crippen LogP contribution in [0.2, 0.25) is 0 Å². The summed E-state index contributed by atoms with van der Waals surface area (Å²) in [5.41, 5.74) is 1.01. The Kier molecular flexibility index (Phi) is 3.21. The summed E-state index contributed by atoms with van der Waals surface area (Å²) < 4.78 is 14.5. The molecule has 0 atom stereocenters. The number of benzene rings is 1. The van der Waals surface area contributed by atoms with Gasteiger partial charge in [0, 0.05) is 24.4 Å². The van der Waals surface area contributed by atoms with Crippen molar-refractivity contribution >= 4 is 11.8 Å². The van der Waals surface area contributed by atoms with Crippen molar-refractivity contribution in [1.29, 1.82) is 0 Å². The summed E-state index contributed by atoms with van der Waals surface area (Å²) in [4.78, 5) is 23.1. The average Bonchev–Trinajstić information content (AvgIpc) is 2.74. The SMILES string of the molecule is Cc1cc(C(=O)c2cc(C(=O)O)n(C)c2)ccc1F. The molecule has 0 aliphatic carbocycles. The van der Waals surface area contributed by atoms with Gasteiger partial charge in [0.1, 0.15) is 11.5 Å². The van der Waals surface area contributed by atoms with E-state index in [2.05, 4.69) is 0 Å². The second-order valence-electron chi connectivity index (χ2n) is 4.32. The number of nitrogens with zero attached hydrogens (tertiary/aromatic N) is 1. The third-order valence-electron chi connectivity index (χ3n) is 2.91. The van der Waals surface area contributed by atoms with Gasteiger partial charge in [-0.25, -0.2) is 9.18 Å². The molecular formula is C14H12FNO3. The summed E-state index contributed by atoms with van der Waals surface area (Å²) in [5.74, 6) is -1.81. The molecule has 19 heavy (non-hydrogen) atoms. The van der Waals surface area contributed by atoms with Gasteiger partial charge < -0.3 is 9.67 Å². The molecule has 0 radical (unpaired) electrons. The number of aromatic carboxylic acids is 1. The van der Waals surface area contributed by atoms with Crippen LogP contribution < -0.4 is 0 Å². The molecule has 0 bridgehead atoms. The number of rotatable bonds is 3. The van der Waals surface area contributed by atoms with Crippen molar-refractivity contribution in [3.8, 4) is 0 Å². The Labute approximate surface area is 109 Å². The normalized spacial score (nSPS) is 10.5. The van der Waals surface area contributed by atoms with Crippen molar-refractivity contribution in [3.05, 3.63) is 58.7 Å². The van der Waals surface area contributed by atoms with Crippen LogP contribution in [0.15, 0.2) is 30.5 Å². The lowest BCUT2D eigenvalue weighted by Crippen LogP contribution is -2.02. The highest BCUT2D eigenvalue weighted by atomic mass is 19.1. The molecule has 1 heterocycles. The third kappa shape index (κ3) is 2.40. The van der Waals surface area contributed by atoms with Gasteiger partial charge >= 0.3 is 5.97 Å². The molecular weight excluding hydrogens is 249 g/mol. The topological polar surface area (TPSA) is 59.3 Å². The summed E-state index contributed by atoms with van der Waals surface area (Å²) in [6.07, 6.45) is 1.45. The van der Waals surface area contributed by atoms with E-state index >= 15 is 0 Å². The highest BCUT2D eigenvalue weighted by Gasteiger charge is 2.16. The van der Waals surface area contributed by atoms with Gasteiger partial charge in [-0.3, -0.25) is 4.79 Å². The zero-order valence-corrected chi connectivity index (χ0v) is 10.5. The number of carbonyl (C=O) groups excluding carboxylic acids is 1. The molecule has 0 unspecified atom stereocenters. The molecule has 0 aliphatic rings. The molecule has 0 saturated carbocycles. The Balaban J connectivity index is 2.41. The number of carbonyl (C=O) groups is 2. The summed E-state index contributed by atoms with van der Waals surface area (Å²) in [6.45, 7) is 1.57. The van der Waals surface area contributed by atoms with E-state index in [1.165, 1.54) is 35.0 Å². The van der Waals surface area contributed by atoms with E-state index in [0.29, 0.717) is 11.1 Å². The molecule has 1 aromatic carbocycles. The molecule has 0 amide bonds. The smallest absolute Gasteiger partial charge is 0.352 e. The second kappa shape index (κ2) is 4.68. The number of carboxylic acid groups (broad SMARTS) is 1. The molecule has 0 fully saturated rings. The average molecular weight is 261 g/mol. The van der Waals surface area contributed by atoms with E-state index in [4.69, 9.17) is 5.11 Å². The first-order chi connectivity index (χ1) is 8.90. The molecule has 98 valence electrons. The van der Waals surface area contributed by atoms with Crippen LogP contribution in [-0.4, -0.2) is 21.4 Å². The van der Waals surface area contributed by atoms with E-state index in [-0.39, 0.29) is 22.9 Å². The van der Waals surface area contributed by atoms with Crippen LogP contribution in [0.4, 0.5) is 4.39 Å². The quantitative estimate of drug-likeness (QED) is 0.863. The zero-order chi connectivity index (χ0) is 14.2. The maximum atomic E-state index is 13.1. The van der Waals surface area contributed by atoms with Crippen LogP contribution in [0.25, 0.3) is 0 Å². The molecule has 2 aromatic rings. The number of hydrogen-bond donors (Lipinski definition) is 1. The molecule has 1 N–H and O–H groups in total. The van der Waals surface area contributed by atoms with Crippen LogP contribution in [0, 0.1) is 12.7 Å². The first kappa shape index (κ1) is 13.0. The molecule has 0 saturated heterocycles. The fraction of sp³-hybridized carbons (Fsp3) is 0.143. The van der Waals surface area contributed by atoms with Gasteiger partial charge in [-0.2, -0.15) is 0 Å². The Morgan fingerprint density at radius 3 is 2.42 bits per heavy atom. The first-order valence-corrected chi connectivity index (χ1v) is 5.60. The van der Waals surface area contributed by atoms with E-state index in [1.807, 2.05) is 0 Å². The van der Waals surface area contributed by atoms with E-state index < -0.39 is 5.97 Å². The minimum Gasteiger partial charge on any atom is -0.477 e. The standard InChI is InChI=1S/C14H12FNO3/c1-8-5-9(3-4-11(8)15)13(17)10-6-12(14(18)19)16(2)7-10/h3-7H,1-2H3,(H,18,19). The fourth-order valence-corrected chi connectivity index (χ4v) is 1.85. The largest absolute Gasteiger partial charge is 0.477 e. The van der Waals surface area contributed by atoms with Crippen molar-refractivity contribution in [2.45, 2.75) is 6.92 Å². The maximum absolute atomic E-state index is 13.1. The van der Waals surface area contributed by atoms with Gasteiger partial charge in [-0.1, -0.05) is 0 Å². The Morgan fingerprint density at radius 1 is 1.21 bits per heavy atom. The summed E-state index contributed by atoms with van der Waals surface area (Å²) >= 11 is 0. The van der Waals surface area contributed by atoms with Crippen molar-refractivity contribution in [2.24, 2.45) is 7.05 Å². The summed E-state index contributed by atoms with van der Waals surface area (Å²) in [7, 11) is 1.55. The van der Waals surface area contributed by atoms with E-state index in [9.17, 15) is 14.0 Å².